The quantitative estimate of drug-likeness (QED) is 0.363. The Balaban J connectivity index is 2.05. The largest absolute Gasteiger partial charge is 0.481 e. The zero-order valence-corrected chi connectivity index (χ0v) is 17.6. The maximum atomic E-state index is 12.3. The molecule has 2 aliphatic rings. The molecule has 2 saturated carbocycles. The van der Waals surface area contributed by atoms with E-state index in [1.165, 1.54) is 0 Å². The second-order valence-corrected chi connectivity index (χ2v) is 9.32. The summed E-state index contributed by atoms with van der Waals surface area (Å²) < 4.78 is 0. The third-order valence-electron chi connectivity index (χ3n) is 7.60. The van der Waals surface area contributed by atoms with Crippen LogP contribution in [0.1, 0.15) is 110 Å². The van der Waals surface area contributed by atoms with Gasteiger partial charge in [0.25, 0.3) is 0 Å². The number of carbonyl (C=O) groups is 2. The highest BCUT2D eigenvalue weighted by molar-refractivity contribution is 5.80. The molecule has 2 aliphatic carbocycles. The lowest BCUT2D eigenvalue weighted by molar-refractivity contribution is -0.167. The first-order valence-electron chi connectivity index (χ1n) is 11.5. The van der Waals surface area contributed by atoms with Crippen molar-refractivity contribution in [2.45, 2.75) is 116 Å². The first kappa shape index (κ1) is 23.2. The van der Waals surface area contributed by atoms with Gasteiger partial charge in [0.1, 0.15) is 0 Å². The molecule has 28 heavy (non-hydrogen) atoms. The second kappa shape index (κ2) is 10.6. The van der Waals surface area contributed by atoms with Gasteiger partial charge in [-0.2, -0.15) is 0 Å². The van der Waals surface area contributed by atoms with E-state index in [1.807, 2.05) is 0 Å². The zero-order valence-electron chi connectivity index (χ0n) is 17.6. The molecule has 3 N–H and O–H groups in total. The maximum Gasteiger partial charge on any atom is 0.309 e. The first-order valence-corrected chi connectivity index (χ1v) is 11.5. The van der Waals surface area contributed by atoms with Crippen LogP contribution in [-0.4, -0.2) is 33.4 Å². The van der Waals surface area contributed by atoms with Gasteiger partial charge >= 0.3 is 11.9 Å². The number of hydrogen-bond acceptors (Lipinski definition) is 3. The molecule has 0 aromatic carbocycles. The number of hydrogen-bond donors (Lipinski definition) is 3. The van der Waals surface area contributed by atoms with E-state index in [0.29, 0.717) is 32.1 Å². The molecular formula is C23H40O5. The number of aliphatic hydroxyl groups excluding tert-OH is 1. The van der Waals surface area contributed by atoms with Gasteiger partial charge in [0.15, 0.2) is 0 Å². The van der Waals surface area contributed by atoms with Gasteiger partial charge in [-0.05, 0) is 50.9 Å². The minimum absolute atomic E-state index is 0.287. The van der Waals surface area contributed by atoms with E-state index in [0.717, 1.165) is 70.6 Å². The fourth-order valence-corrected chi connectivity index (χ4v) is 6.02. The Bertz CT molecular complexity index is 469. The van der Waals surface area contributed by atoms with Crippen molar-refractivity contribution in [2.75, 3.05) is 0 Å². The topological polar surface area (TPSA) is 94.8 Å². The predicted molar refractivity (Wildman–Crippen MR) is 109 cm³/mol. The first-order chi connectivity index (χ1) is 13.4. The zero-order chi connectivity index (χ0) is 20.6. The fourth-order valence-electron chi connectivity index (χ4n) is 6.02. The molecule has 0 aromatic heterocycles. The van der Waals surface area contributed by atoms with E-state index >= 15 is 0 Å². The van der Waals surface area contributed by atoms with Crippen molar-refractivity contribution < 1.29 is 24.9 Å². The number of aliphatic carboxylic acids is 2. The molecule has 0 bridgehead atoms. The average Bonchev–Trinajstić information content (AvgIpc) is 3.33. The van der Waals surface area contributed by atoms with Crippen LogP contribution in [0.3, 0.4) is 0 Å². The minimum Gasteiger partial charge on any atom is -0.481 e. The molecule has 1 atom stereocenters. The van der Waals surface area contributed by atoms with Crippen LogP contribution < -0.4 is 0 Å². The molecule has 1 unspecified atom stereocenters. The van der Waals surface area contributed by atoms with Gasteiger partial charge in [-0.3, -0.25) is 9.59 Å². The molecule has 0 heterocycles. The summed E-state index contributed by atoms with van der Waals surface area (Å²) in [7, 11) is 0. The number of unbranched alkanes of at least 4 members (excludes halogenated alkanes) is 3. The van der Waals surface area contributed by atoms with E-state index in [2.05, 4.69) is 6.92 Å². The molecule has 5 heteroatoms. The Morgan fingerprint density at radius 2 is 1.14 bits per heavy atom. The van der Waals surface area contributed by atoms with Crippen molar-refractivity contribution in [2.24, 2.45) is 16.7 Å². The third-order valence-corrected chi connectivity index (χ3v) is 7.60. The van der Waals surface area contributed by atoms with Crippen LogP contribution in [0.15, 0.2) is 0 Å². The molecule has 0 aliphatic heterocycles. The summed E-state index contributed by atoms with van der Waals surface area (Å²) in [6.07, 6.45) is 12.9. The van der Waals surface area contributed by atoms with Gasteiger partial charge < -0.3 is 15.3 Å². The van der Waals surface area contributed by atoms with Crippen molar-refractivity contribution in [3.05, 3.63) is 0 Å². The molecule has 162 valence electrons. The van der Waals surface area contributed by atoms with E-state index in [-0.39, 0.29) is 12.0 Å². The number of carboxylic acids is 2. The molecule has 0 aromatic rings. The number of aliphatic hydroxyl groups is 1. The van der Waals surface area contributed by atoms with E-state index in [9.17, 15) is 24.9 Å². The molecule has 2 rings (SSSR count). The van der Waals surface area contributed by atoms with Crippen molar-refractivity contribution >= 4 is 11.9 Å². The van der Waals surface area contributed by atoms with Crippen LogP contribution in [0.5, 0.6) is 0 Å². The maximum absolute atomic E-state index is 12.3. The highest BCUT2D eigenvalue weighted by atomic mass is 16.4. The normalized spacial score (nSPS) is 21.8. The monoisotopic (exact) mass is 396 g/mol. The standard InChI is InChI=1S/C23H40O5/c1-2-3-4-11-18(24)12-5-6-13-19(22(20(25)26)14-7-8-15-22)23(21(27)28)16-9-10-17-23/h18-19,24H,2-17H2,1H3,(H,25,26)(H,27,28). The Hall–Kier alpha value is -1.10. The van der Waals surface area contributed by atoms with Crippen LogP contribution in [0.2, 0.25) is 0 Å². The Labute approximate surface area is 169 Å². The lowest BCUT2D eigenvalue weighted by atomic mass is 9.58. The van der Waals surface area contributed by atoms with Crippen molar-refractivity contribution in [1.29, 1.82) is 0 Å². The molecule has 0 amide bonds. The van der Waals surface area contributed by atoms with E-state index < -0.39 is 22.8 Å². The molecule has 0 saturated heterocycles. The predicted octanol–water partition coefficient (Wildman–Crippen LogP) is 5.39. The lowest BCUT2D eigenvalue weighted by Crippen LogP contribution is -2.49. The van der Waals surface area contributed by atoms with Crippen LogP contribution in [0.25, 0.3) is 0 Å². The van der Waals surface area contributed by atoms with Gasteiger partial charge in [0, 0.05) is 0 Å². The Morgan fingerprint density at radius 1 is 0.750 bits per heavy atom. The highest BCUT2D eigenvalue weighted by Crippen LogP contribution is 2.58. The van der Waals surface area contributed by atoms with Crippen LogP contribution >= 0.6 is 0 Å². The summed E-state index contributed by atoms with van der Waals surface area (Å²) >= 11 is 0. The third kappa shape index (κ3) is 5.08. The van der Waals surface area contributed by atoms with Crippen molar-refractivity contribution in [1.82, 2.24) is 0 Å². The summed E-state index contributed by atoms with van der Waals surface area (Å²) in [5, 5.41) is 30.4. The fraction of sp³-hybridized carbons (Fsp3) is 0.913. The number of carboxylic acid groups (broad SMARTS) is 2. The second-order valence-electron chi connectivity index (χ2n) is 9.32. The summed E-state index contributed by atoms with van der Waals surface area (Å²) in [5.41, 5.74) is -1.75. The van der Waals surface area contributed by atoms with Crippen LogP contribution in [0.4, 0.5) is 0 Å². The molecule has 2 fully saturated rings. The average molecular weight is 397 g/mol. The molecule has 0 spiro atoms. The SMILES string of the molecule is CCCCCC(O)CCCCC(C1(C(=O)O)CCCC1)C1(C(=O)O)CCCC1. The van der Waals surface area contributed by atoms with E-state index in [1.54, 1.807) is 0 Å². The summed E-state index contributed by atoms with van der Waals surface area (Å²) in [6.45, 7) is 2.15. The smallest absolute Gasteiger partial charge is 0.309 e. The minimum atomic E-state index is -0.873. The summed E-state index contributed by atoms with van der Waals surface area (Å²) in [4.78, 5) is 24.7. The summed E-state index contributed by atoms with van der Waals surface area (Å²) in [5.74, 6) is -1.87. The van der Waals surface area contributed by atoms with Gasteiger partial charge in [0.05, 0.1) is 16.9 Å². The Morgan fingerprint density at radius 3 is 1.54 bits per heavy atom. The van der Waals surface area contributed by atoms with Gasteiger partial charge in [-0.15, -0.1) is 0 Å². The van der Waals surface area contributed by atoms with Crippen LogP contribution in [0, 0.1) is 16.7 Å². The van der Waals surface area contributed by atoms with Crippen molar-refractivity contribution in [3.63, 3.8) is 0 Å². The van der Waals surface area contributed by atoms with Crippen LogP contribution in [-0.2, 0) is 9.59 Å². The van der Waals surface area contributed by atoms with Crippen molar-refractivity contribution in [3.8, 4) is 0 Å². The Kier molecular flexibility index (Phi) is 8.79. The molecule has 5 nitrogen and oxygen atoms in total. The van der Waals surface area contributed by atoms with E-state index in [4.69, 9.17) is 0 Å². The number of rotatable bonds is 13. The van der Waals surface area contributed by atoms with Gasteiger partial charge in [-0.1, -0.05) is 64.7 Å². The molecule has 0 radical (unpaired) electrons. The molecular weight excluding hydrogens is 356 g/mol. The highest BCUT2D eigenvalue weighted by Gasteiger charge is 2.59. The lowest BCUT2D eigenvalue weighted by Gasteiger charge is -2.44. The van der Waals surface area contributed by atoms with Gasteiger partial charge in [-0.25, -0.2) is 0 Å². The van der Waals surface area contributed by atoms with Gasteiger partial charge in [0.2, 0.25) is 0 Å². The summed E-state index contributed by atoms with van der Waals surface area (Å²) in [6, 6.07) is 0.